The molecular weight excluding hydrogens is 276 g/mol. The van der Waals surface area contributed by atoms with Gasteiger partial charge in [-0.15, -0.1) is 0 Å². The number of aliphatic hydroxyl groups excluding tert-OH is 1. The van der Waals surface area contributed by atoms with Crippen molar-refractivity contribution in [2.75, 3.05) is 7.11 Å². The minimum atomic E-state index is -0.557. The normalized spacial score (nSPS) is 12.5. The lowest BCUT2D eigenvalue weighted by molar-refractivity contribution is 0.168. The van der Waals surface area contributed by atoms with Crippen LogP contribution < -0.4 is 4.74 Å². The second-order valence-corrected chi connectivity index (χ2v) is 5.44. The molecule has 3 rings (SSSR count). The molecule has 0 saturated carbocycles. The van der Waals surface area contributed by atoms with Gasteiger partial charge in [0.25, 0.3) is 0 Å². The largest absolute Gasteiger partial charge is 0.497 e. The van der Waals surface area contributed by atoms with Crippen molar-refractivity contribution >= 4 is 5.65 Å². The number of hydrogen-bond donors (Lipinski definition) is 1. The zero-order valence-electron chi connectivity index (χ0n) is 13.1. The fraction of sp³-hybridized carbons (Fsp3) is 0.278. The van der Waals surface area contributed by atoms with E-state index < -0.39 is 6.10 Å². The topological polar surface area (TPSA) is 46.8 Å². The van der Waals surface area contributed by atoms with E-state index in [0.29, 0.717) is 6.42 Å². The van der Waals surface area contributed by atoms with Gasteiger partial charge in [0.1, 0.15) is 11.4 Å². The first-order valence-corrected chi connectivity index (χ1v) is 7.45. The summed E-state index contributed by atoms with van der Waals surface area (Å²) in [5.74, 6) is 0.780. The molecule has 1 N–H and O–H groups in total. The Hall–Kier alpha value is -2.33. The summed E-state index contributed by atoms with van der Waals surface area (Å²) in [4.78, 5) is 4.72. The Balaban J connectivity index is 2.27. The molecule has 4 nitrogen and oxygen atoms in total. The molecule has 0 bridgehead atoms. The van der Waals surface area contributed by atoms with Gasteiger partial charge in [-0.3, -0.25) is 0 Å². The zero-order valence-corrected chi connectivity index (χ0v) is 13.1. The highest BCUT2D eigenvalue weighted by atomic mass is 16.5. The van der Waals surface area contributed by atoms with Gasteiger partial charge in [-0.25, -0.2) is 4.98 Å². The summed E-state index contributed by atoms with van der Waals surface area (Å²) >= 11 is 0. The summed E-state index contributed by atoms with van der Waals surface area (Å²) < 4.78 is 7.28. The number of fused-ring (bicyclic) bond motifs is 1. The number of aliphatic hydroxyl groups is 1. The summed E-state index contributed by atoms with van der Waals surface area (Å²) in [5.41, 5.74) is 4.55. The van der Waals surface area contributed by atoms with Gasteiger partial charge in [-0.2, -0.15) is 0 Å². The molecule has 2 heterocycles. The predicted molar refractivity (Wildman–Crippen MR) is 87.2 cm³/mol. The second kappa shape index (κ2) is 5.81. The van der Waals surface area contributed by atoms with Crippen LogP contribution in [0.5, 0.6) is 5.75 Å². The molecule has 1 aromatic carbocycles. The summed E-state index contributed by atoms with van der Waals surface area (Å²) in [6.07, 6.45) is 2.09. The smallest absolute Gasteiger partial charge is 0.137 e. The van der Waals surface area contributed by atoms with Crippen molar-refractivity contribution < 1.29 is 9.84 Å². The van der Waals surface area contributed by atoms with E-state index in [9.17, 15) is 5.11 Å². The molecule has 4 heteroatoms. The maximum absolute atomic E-state index is 10.5. The standard InChI is InChI=1S/C18H20N2O2/c1-4-15(21)18-17(13-6-5-7-14(10-13)22-3)19-16-9-8-12(2)11-20(16)18/h5-11,15,21H,4H2,1-3H3. The van der Waals surface area contributed by atoms with Gasteiger partial charge < -0.3 is 14.2 Å². The quantitative estimate of drug-likeness (QED) is 0.797. The average Bonchev–Trinajstić information content (AvgIpc) is 2.92. The van der Waals surface area contributed by atoms with E-state index in [-0.39, 0.29) is 0 Å². The first-order valence-electron chi connectivity index (χ1n) is 7.45. The highest BCUT2D eigenvalue weighted by Gasteiger charge is 2.20. The van der Waals surface area contributed by atoms with Crippen molar-refractivity contribution in [2.45, 2.75) is 26.4 Å². The number of hydrogen-bond acceptors (Lipinski definition) is 3. The highest BCUT2D eigenvalue weighted by Crippen LogP contribution is 2.32. The number of aryl methyl sites for hydroxylation is 1. The molecule has 22 heavy (non-hydrogen) atoms. The van der Waals surface area contributed by atoms with Crippen molar-refractivity contribution in [1.82, 2.24) is 9.38 Å². The molecule has 3 aromatic rings. The molecule has 1 atom stereocenters. The first-order chi connectivity index (χ1) is 10.6. The highest BCUT2D eigenvalue weighted by molar-refractivity contribution is 5.68. The lowest BCUT2D eigenvalue weighted by Gasteiger charge is -2.11. The van der Waals surface area contributed by atoms with Crippen LogP contribution in [0.15, 0.2) is 42.6 Å². The van der Waals surface area contributed by atoms with Gasteiger partial charge in [-0.05, 0) is 37.1 Å². The van der Waals surface area contributed by atoms with E-state index in [1.54, 1.807) is 7.11 Å². The van der Waals surface area contributed by atoms with Crippen LogP contribution in [0.25, 0.3) is 16.9 Å². The number of rotatable bonds is 4. The number of pyridine rings is 1. The van der Waals surface area contributed by atoms with Crippen molar-refractivity contribution in [3.05, 3.63) is 53.9 Å². The summed E-state index contributed by atoms with van der Waals surface area (Å²) in [6.45, 7) is 4.00. The van der Waals surface area contributed by atoms with Crippen molar-refractivity contribution in [3.8, 4) is 17.0 Å². The van der Waals surface area contributed by atoms with Gasteiger partial charge >= 0.3 is 0 Å². The lowest BCUT2D eigenvalue weighted by atomic mass is 10.1. The molecule has 1 unspecified atom stereocenters. The van der Waals surface area contributed by atoms with Gasteiger partial charge in [-0.1, -0.05) is 25.1 Å². The van der Waals surface area contributed by atoms with Gasteiger partial charge in [0, 0.05) is 11.8 Å². The number of aromatic nitrogens is 2. The van der Waals surface area contributed by atoms with Crippen LogP contribution in [0.2, 0.25) is 0 Å². The van der Waals surface area contributed by atoms with Crippen LogP contribution in [0.3, 0.4) is 0 Å². The Bertz CT molecular complexity index is 808. The van der Waals surface area contributed by atoms with E-state index in [2.05, 4.69) is 0 Å². The fourth-order valence-corrected chi connectivity index (χ4v) is 2.66. The molecule has 114 valence electrons. The Morgan fingerprint density at radius 1 is 1.27 bits per heavy atom. The van der Waals surface area contributed by atoms with E-state index in [4.69, 9.17) is 9.72 Å². The second-order valence-electron chi connectivity index (χ2n) is 5.44. The third kappa shape index (κ3) is 2.46. The van der Waals surface area contributed by atoms with Gasteiger partial charge in [0.2, 0.25) is 0 Å². The van der Waals surface area contributed by atoms with E-state index >= 15 is 0 Å². The molecule has 0 amide bonds. The van der Waals surface area contributed by atoms with Crippen molar-refractivity contribution in [2.24, 2.45) is 0 Å². The van der Waals surface area contributed by atoms with Crippen LogP contribution >= 0.6 is 0 Å². The third-order valence-corrected chi connectivity index (χ3v) is 3.85. The van der Waals surface area contributed by atoms with Crippen molar-refractivity contribution in [3.63, 3.8) is 0 Å². The molecule has 0 aliphatic rings. The Morgan fingerprint density at radius 2 is 2.09 bits per heavy atom. The molecule has 0 radical (unpaired) electrons. The Morgan fingerprint density at radius 3 is 2.82 bits per heavy atom. The SMILES string of the molecule is CCC(O)c1c(-c2cccc(OC)c2)nc2ccc(C)cn12. The molecule has 0 spiro atoms. The Kier molecular flexibility index (Phi) is 3.86. The molecule has 2 aromatic heterocycles. The number of ether oxygens (including phenoxy) is 1. The van der Waals surface area contributed by atoms with Crippen LogP contribution in [-0.4, -0.2) is 21.6 Å². The van der Waals surface area contributed by atoms with Crippen LogP contribution in [0.1, 0.15) is 30.7 Å². The third-order valence-electron chi connectivity index (χ3n) is 3.85. The van der Waals surface area contributed by atoms with Crippen LogP contribution in [0, 0.1) is 6.92 Å². The van der Waals surface area contributed by atoms with Gasteiger partial charge in [0.05, 0.1) is 24.6 Å². The molecular formula is C18H20N2O2. The lowest BCUT2D eigenvalue weighted by Crippen LogP contribution is -2.02. The van der Waals surface area contributed by atoms with Crippen molar-refractivity contribution in [1.29, 1.82) is 0 Å². The number of methoxy groups -OCH3 is 1. The molecule has 0 fully saturated rings. The number of nitrogens with zero attached hydrogens (tertiary/aromatic N) is 2. The Labute approximate surface area is 130 Å². The predicted octanol–water partition coefficient (Wildman–Crippen LogP) is 3.76. The first kappa shape index (κ1) is 14.6. The maximum atomic E-state index is 10.5. The maximum Gasteiger partial charge on any atom is 0.137 e. The van der Waals surface area contributed by atoms with Gasteiger partial charge in [0.15, 0.2) is 0 Å². The van der Waals surface area contributed by atoms with Crippen LogP contribution in [-0.2, 0) is 0 Å². The minimum Gasteiger partial charge on any atom is -0.497 e. The van der Waals surface area contributed by atoms with E-state index in [1.807, 2.05) is 60.8 Å². The average molecular weight is 296 g/mol. The number of benzene rings is 1. The summed E-state index contributed by atoms with van der Waals surface area (Å²) in [5, 5.41) is 10.5. The summed E-state index contributed by atoms with van der Waals surface area (Å²) in [6, 6.07) is 11.8. The van der Waals surface area contributed by atoms with E-state index in [0.717, 1.165) is 33.9 Å². The zero-order chi connectivity index (χ0) is 15.7. The van der Waals surface area contributed by atoms with Crippen LogP contribution in [0.4, 0.5) is 0 Å². The molecule has 0 saturated heterocycles. The number of imidazole rings is 1. The molecule has 0 aliphatic carbocycles. The fourth-order valence-electron chi connectivity index (χ4n) is 2.66. The molecule has 0 aliphatic heterocycles. The van der Waals surface area contributed by atoms with E-state index in [1.165, 1.54) is 0 Å². The minimum absolute atomic E-state index is 0.557. The monoisotopic (exact) mass is 296 g/mol. The summed E-state index contributed by atoms with van der Waals surface area (Å²) in [7, 11) is 1.65.